The molecule has 4 heteroatoms. The first-order valence-corrected chi connectivity index (χ1v) is 9.31. The summed E-state index contributed by atoms with van der Waals surface area (Å²) in [4.78, 5) is 0. The van der Waals surface area contributed by atoms with E-state index >= 15 is 0 Å². The third-order valence-electron chi connectivity index (χ3n) is 2.54. The maximum atomic E-state index is 14.5. The van der Waals surface area contributed by atoms with E-state index in [9.17, 15) is 7.25 Å². The molecule has 0 amide bonds. The van der Waals surface area contributed by atoms with Gasteiger partial charge in [0.2, 0.25) is 0 Å². The van der Waals surface area contributed by atoms with E-state index in [0.29, 0.717) is 24.3 Å². The predicted molar refractivity (Wildman–Crippen MR) is 83.4 cm³/mol. The Morgan fingerprint density at radius 2 is 1.89 bits per heavy atom. The molecule has 0 fully saturated rings. The fourth-order valence-electron chi connectivity index (χ4n) is 1.53. The van der Waals surface area contributed by atoms with Gasteiger partial charge in [-0.15, -0.1) is 0 Å². The molecular formula is C14H18ClF2I. The molecule has 18 heavy (non-hydrogen) atoms. The van der Waals surface area contributed by atoms with Crippen molar-refractivity contribution in [2.75, 3.05) is 6.67 Å². The molecule has 102 valence electrons. The van der Waals surface area contributed by atoms with Gasteiger partial charge in [0.05, 0.1) is 0 Å². The Morgan fingerprint density at radius 3 is 2.39 bits per heavy atom. The molecule has 0 atom stereocenters. The second-order valence-electron chi connectivity index (χ2n) is 3.99. The van der Waals surface area contributed by atoms with Crippen LogP contribution < -0.4 is 0 Å². The van der Waals surface area contributed by atoms with Crippen molar-refractivity contribution in [2.45, 2.75) is 33.1 Å². The first-order chi connectivity index (χ1) is 8.60. The summed E-state index contributed by atoms with van der Waals surface area (Å²) in [6, 6.07) is 7.52. The molecule has 0 nitrogen and oxygen atoms in total. The van der Waals surface area contributed by atoms with E-state index in [0.717, 1.165) is 12.7 Å². The topological polar surface area (TPSA) is 0 Å². The van der Waals surface area contributed by atoms with Gasteiger partial charge in [-0.2, -0.15) is 0 Å². The van der Waals surface area contributed by atoms with E-state index in [1.54, 1.807) is 0 Å². The molecule has 1 rings (SSSR count). The minimum absolute atomic E-state index is 0.375. The van der Waals surface area contributed by atoms with Crippen molar-refractivity contribution in [3.8, 4) is 0 Å². The van der Waals surface area contributed by atoms with Crippen molar-refractivity contribution < 1.29 is 7.25 Å². The van der Waals surface area contributed by atoms with Crippen LogP contribution in [0.25, 0.3) is 0 Å². The summed E-state index contributed by atoms with van der Waals surface area (Å²) in [5, 5.41) is 0.531. The first-order valence-electron chi connectivity index (χ1n) is 5.96. The first kappa shape index (κ1) is 15.9. The van der Waals surface area contributed by atoms with Gasteiger partial charge in [0.1, 0.15) is 0 Å². The van der Waals surface area contributed by atoms with Crippen LogP contribution in [0.3, 0.4) is 0 Å². The number of halogens is 4. The van der Waals surface area contributed by atoms with Gasteiger partial charge in [-0.3, -0.25) is 0 Å². The Bertz CT molecular complexity index is 401. The molecule has 0 aliphatic rings. The van der Waals surface area contributed by atoms with Gasteiger partial charge in [0, 0.05) is 0 Å². The van der Waals surface area contributed by atoms with Crippen LogP contribution in [-0.2, 0) is 0 Å². The van der Waals surface area contributed by atoms with Crippen molar-refractivity contribution in [1.29, 1.82) is 0 Å². The van der Waals surface area contributed by atoms with Crippen molar-refractivity contribution in [3.63, 3.8) is 0 Å². The van der Waals surface area contributed by atoms with E-state index < -0.39 is 27.1 Å². The molecule has 0 aliphatic heterocycles. The molecule has 0 unspecified atom stereocenters. The molecule has 0 bridgehead atoms. The number of hydrogen-bond donors (Lipinski definition) is 0. The summed E-state index contributed by atoms with van der Waals surface area (Å²) < 4.78 is 28.1. The van der Waals surface area contributed by atoms with E-state index in [4.69, 9.17) is 11.6 Å². The molecule has 0 spiro atoms. The van der Waals surface area contributed by atoms with Crippen LogP contribution >= 0.6 is 32.0 Å². The van der Waals surface area contributed by atoms with Gasteiger partial charge >= 0.3 is 121 Å². The van der Waals surface area contributed by atoms with E-state index in [1.165, 1.54) is 0 Å². The quantitative estimate of drug-likeness (QED) is 0.513. The van der Waals surface area contributed by atoms with Crippen molar-refractivity contribution >= 4 is 32.0 Å². The maximum absolute atomic E-state index is 14.5. The fraction of sp³-hybridized carbons (Fsp3) is 0.429. The van der Waals surface area contributed by atoms with Crippen LogP contribution in [0, 0.1) is 10.5 Å². The van der Waals surface area contributed by atoms with Crippen LogP contribution in [-0.4, -0.2) is 6.67 Å². The molecule has 0 radical (unpaired) electrons. The number of allylic oxidation sites excluding steroid dienone is 2. The zero-order valence-electron chi connectivity index (χ0n) is 10.6. The molecule has 0 N–H and O–H groups in total. The van der Waals surface area contributed by atoms with E-state index in [1.807, 2.05) is 38.1 Å². The molecule has 0 heterocycles. The van der Waals surface area contributed by atoms with Gasteiger partial charge in [0.25, 0.3) is 0 Å². The summed E-state index contributed by atoms with van der Waals surface area (Å²) in [7, 11) is 0. The summed E-state index contributed by atoms with van der Waals surface area (Å²) in [6.07, 6.45) is 1.44. The molecule has 1 aromatic carbocycles. The SMILES string of the molecule is CC/C(=C(\Cl)CCCF)I(F)c1ccc(C)cc1. The molecule has 0 saturated heterocycles. The number of aryl methyl sites for hydroxylation is 1. The Hall–Kier alpha value is -0.160. The van der Waals surface area contributed by atoms with Gasteiger partial charge < -0.3 is 0 Å². The Kier molecular flexibility index (Phi) is 7.15. The van der Waals surface area contributed by atoms with Crippen molar-refractivity contribution in [2.24, 2.45) is 0 Å². The number of benzene rings is 1. The predicted octanol–water partition coefficient (Wildman–Crippen LogP) is 6.17. The Balaban J connectivity index is 2.90. The van der Waals surface area contributed by atoms with Crippen molar-refractivity contribution in [3.05, 3.63) is 42.0 Å². The summed E-state index contributed by atoms with van der Waals surface area (Å²) in [5.74, 6) is 0. The van der Waals surface area contributed by atoms with Gasteiger partial charge in [-0.05, 0) is 0 Å². The van der Waals surface area contributed by atoms with Crippen LogP contribution in [0.15, 0.2) is 32.9 Å². The van der Waals surface area contributed by atoms with Gasteiger partial charge in [0.15, 0.2) is 0 Å². The minimum atomic E-state index is -2.86. The summed E-state index contributed by atoms with van der Waals surface area (Å²) in [5.41, 5.74) is 1.12. The third-order valence-corrected chi connectivity index (χ3v) is 7.64. The molecule has 1 aromatic rings. The standard InChI is InChI=1S/C14H18ClF2I/c1-3-14(13(15)5-4-10-16)18(17)12-8-6-11(2)7-9-12/h6-9H,3-5,10H2,1-2H3/b14-13+. The van der Waals surface area contributed by atoms with Crippen LogP contribution in [0.4, 0.5) is 7.25 Å². The summed E-state index contributed by atoms with van der Waals surface area (Å²) in [6.45, 7) is 3.48. The monoisotopic (exact) mass is 386 g/mol. The second kappa shape index (κ2) is 8.10. The molecule has 0 aliphatic carbocycles. The van der Waals surface area contributed by atoms with Gasteiger partial charge in [-0.1, -0.05) is 0 Å². The molecule has 0 saturated carbocycles. The van der Waals surface area contributed by atoms with Crippen LogP contribution in [0.1, 0.15) is 31.7 Å². The van der Waals surface area contributed by atoms with Crippen LogP contribution in [0.5, 0.6) is 0 Å². The van der Waals surface area contributed by atoms with Crippen LogP contribution in [0.2, 0.25) is 0 Å². The molecular weight excluding hydrogens is 369 g/mol. The number of alkyl halides is 1. The number of hydrogen-bond acceptors (Lipinski definition) is 0. The fourth-order valence-corrected chi connectivity index (χ4v) is 5.42. The molecule has 0 aromatic heterocycles. The van der Waals surface area contributed by atoms with Crippen molar-refractivity contribution in [1.82, 2.24) is 0 Å². The van der Waals surface area contributed by atoms with E-state index in [2.05, 4.69) is 0 Å². The average molecular weight is 387 g/mol. The zero-order valence-corrected chi connectivity index (χ0v) is 13.6. The summed E-state index contributed by atoms with van der Waals surface area (Å²) >= 11 is 3.25. The average Bonchev–Trinajstić information content (AvgIpc) is 2.37. The second-order valence-corrected chi connectivity index (χ2v) is 8.35. The Labute approximate surface area is 121 Å². The normalized spacial score (nSPS) is 13.3. The Morgan fingerprint density at radius 1 is 1.28 bits per heavy atom. The van der Waals surface area contributed by atoms with E-state index in [-0.39, 0.29) is 0 Å². The number of rotatable bonds is 6. The van der Waals surface area contributed by atoms with Gasteiger partial charge in [-0.25, -0.2) is 0 Å². The third kappa shape index (κ3) is 4.50. The zero-order chi connectivity index (χ0) is 13.5.